The largest absolute Gasteiger partial charge is 0.508 e. The Balaban J connectivity index is 1.80. The molecule has 0 saturated carbocycles. The Hall–Kier alpha value is -3.21. The summed E-state index contributed by atoms with van der Waals surface area (Å²) >= 11 is 0. The number of amides is 2. The van der Waals surface area contributed by atoms with Gasteiger partial charge in [-0.2, -0.15) is 10.1 Å². The van der Waals surface area contributed by atoms with Crippen molar-refractivity contribution in [3.05, 3.63) is 71.3 Å². The summed E-state index contributed by atoms with van der Waals surface area (Å²) in [6.45, 7) is 1.69. The summed E-state index contributed by atoms with van der Waals surface area (Å²) in [6.07, 6.45) is 1.78. The second-order valence-electron chi connectivity index (χ2n) is 5.51. The summed E-state index contributed by atoms with van der Waals surface area (Å²) in [5.41, 5.74) is 2.46. The van der Waals surface area contributed by atoms with E-state index in [9.17, 15) is 14.7 Å². The molecular formula is C19H16N2O3. The van der Waals surface area contributed by atoms with Crippen molar-refractivity contribution in [2.75, 3.05) is 0 Å². The molecule has 1 N–H and O–H groups in total. The molecule has 1 aliphatic heterocycles. The average molecular weight is 320 g/mol. The highest BCUT2D eigenvalue weighted by atomic mass is 16.3. The predicted molar refractivity (Wildman–Crippen MR) is 91.2 cm³/mol. The minimum atomic E-state index is -0.429. The second kappa shape index (κ2) is 6.50. The first-order valence-electron chi connectivity index (χ1n) is 7.52. The van der Waals surface area contributed by atoms with Crippen LogP contribution in [0.1, 0.15) is 18.1 Å². The highest BCUT2D eigenvalue weighted by Crippen LogP contribution is 2.20. The molecule has 24 heavy (non-hydrogen) atoms. The molecule has 5 nitrogen and oxygen atoms in total. The molecule has 0 spiro atoms. The maximum atomic E-state index is 12.5. The van der Waals surface area contributed by atoms with Gasteiger partial charge in [0.25, 0.3) is 11.8 Å². The summed E-state index contributed by atoms with van der Waals surface area (Å²) in [5, 5.41) is 14.3. The molecule has 1 heterocycles. The fraction of sp³-hybridized carbons (Fsp3) is 0.105. The normalized spacial score (nSPS) is 15.7. The molecular weight excluding hydrogens is 304 g/mol. The van der Waals surface area contributed by atoms with Gasteiger partial charge in [-0.25, -0.2) is 0 Å². The van der Waals surface area contributed by atoms with E-state index in [0.29, 0.717) is 11.3 Å². The Morgan fingerprint density at radius 2 is 1.79 bits per heavy atom. The number of hydrogen-bond acceptors (Lipinski definition) is 4. The fourth-order valence-corrected chi connectivity index (χ4v) is 2.44. The van der Waals surface area contributed by atoms with E-state index >= 15 is 0 Å². The number of carbonyl (C=O) groups is 2. The van der Waals surface area contributed by atoms with E-state index in [1.165, 1.54) is 12.1 Å². The number of phenolic OH excluding ortho intramolecular Hbond substituents is 1. The van der Waals surface area contributed by atoms with Crippen LogP contribution in [0.25, 0.3) is 6.08 Å². The molecule has 0 aromatic heterocycles. The van der Waals surface area contributed by atoms with Crippen LogP contribution >= 0.6 is 0 Å². The van der Waals surface area contributed by atoms with Crippen molar-refractivity contribution >= 4 is 23.6 Å². The molecule has 2 amide bonds. The molecule has 0 aliphatic carbocycles. The van der Waals surface area contributed by atoms with E-state index < -0.39 is 5.91 Å². The van der Waals surface area contributed by atoms with Crippen LogP contribution in [0.5, 0.6) is 5.75 Å². The van der Waals surface area contributed by atoms with Crippen LogP contribution in [0.3, 0.4) is 0 Å². The van der Waals surface area contributed by atoms with Gasteiger partial charge in [-0.3, -0.25) is 9.59 Å². The number of hydrogen-bond donors (Lipinski definition) is 1. The van der Waals surface area contributed by atoms with Gasteiger partial charge in [0, 0.05) is 0 Å². The van der Waals surface area contributed by atoms with E-state index in [1.54, 1.807) is 25.1 Å². The van der Waals surface area contributed by atoms with E-state index in [1.807, 2.05) is 30.3 Å². The lowest BCUT2D eigenvalue weighted by atomic mass is 10.1. The number of aromatic hydroxyl groups is 1. The molecule has 0 atom stereocenters. The first-order chi connectivity index (χ1) is 11.5. The van der Waals surface area contributed by atoms with Gasteiger partial charge in [0.05, 0.1) is 17.7 Å². The number of carbonyl (C=O) groups excluding carboxylic acids is 2. The van der Waals surface area contributed by atoms with Crippen molar-refractivity contribution in [3.8, 4) is 5.75 Å². The van der Waals surface area contributed by atoms with E-state index in [4.69, 9.17) is 0 Å². The molecule has 2 aromatic carbocycles. The molecule has 5 heteroatoms. The van der Waals surface area contributed by atoms with Crippen LogP contribution in [-0.2, 0) is 16.0 Å². The van der Waals surface area contributed by atoms with Gasteiger partial charge in [0.2, 0.25) is 0 Å². The molecule has 3 rings (SSSR count). The van der Waals surface area contributed by atoms with Crippen molar-refractivity contribution < 1.29 is 14.7 Å². The van der Waals surface area contributed by atoms with E-state index in [2.05, 4.69) is 5.10 Å². The lowest BCUT2D eigenvalue weighted by Gasteiger charge is -2.09. The third kappa shape index (κ3) is 3.25. The Kier molecular flexibility index (Phi) is 4.24. The van der Waals surface area contributed by atoms with Crippen molar-refractivity contribution in [1.29, 1.82) is 0 Å². The molecule has 0 fully saturated rings. The lowest BCUT2D eigenvalue weighted by Crippen LogP contribution is -2.30. The molecule has 120 valence electrons. The van der Waals surface area contributed by atoms with Crippen molar-refractivity contribution in [3.63, 3.8) is 0 Å². The summed E-state index contributed by atoms with van der Waals surface area (Å²) in [6, 6.07) is 15.7. The van der Waals surface area contributed by atoms with Gasteiger partial charge in [-0.15, -0.1) is 0 Å². The number of phenols is 1. The maximum absolute atomic E-state index is 12.5. The Labute approximate surface area is 139 Å². The van der Waals surface area contributed by atoms with Crippen LogP contribution < -0.4 is 0 Å². The van der Waals surface area contributed by atoms with Gasteiger partial charge >= 0.3 is 0 Å². The molecule has 0 saturated heterocycles. The number of benzene rings is 2. The number of imide groups is 1. The van der Waals surface area contributed by atoms with Crippen molar-refractivity contribution in [1.82, 2.24) is 5.01 Å². The lowest BCUT2D eigenvalue weighted by molar-refractivity contribution is -0.141. The maximum Gasteiger partial charge on any atom is 0.283 e. The van der Waals surface area contributed by atoms with Crippen LogP contribution in [0, 0.1) is 0 Å². The predicted octanol–water partition coefficient (Wildman–Crippen LogP) is 2.76. The third-order valence-corrected chi connectivity index (χ3v) is 3.70. The molecule has 0 bridgehead atoms. The fourth-order valence-electron chi connectivity index (χ4n) is 2.44. The topological polar surface area (TPSA) is 70.0 Å². The molecule has 0 unspecified atom stereocenters. The van der Waals surface area contributed by atoms with Crippen LogP contribution in [0.4, 0.5) is 0 Å². The zero-order valence-corrected chi connectivity index (χ0v) is 13.1. The SMILES string of the molecule is CC1=NN(C(=O)Cc2ccccc2)C(=O)/C1=C/c1ccc(O)cc1. The third-order valence-electron chi connectivity index (χ3n) is 3.70. The summed E-state index contributed by atoms with van der Waals surface area (Å²) < 4.78 is 0. The minimum Gasteiger partial charge on any atom is -0.508 e. The van der Waals surface area contributed by atoms with Crippen molar-refractivity contribution in [2.24, 2.45) is 5.10 Å². The van der Waals surface area contributed by atoms with E-state index in [-0.39, 0.29) is 18.1 Å². The zero-order valence-electron chi connectivity index (χ0n) is 13.1. The monoisotopic (exact) mass is 320 g/mol. The highest BCUT2D eigenvalue weighted by Gasteiger charge is 2.32. The highest BCUT2D eigenvalue weighted by molar-refractivity contribution is 6.29. The Morgan fingerprint density at radius 1 is 1.12 bits per heavy atom. The number of nitrogens with zero attached hydrogens (tertiary/aromatic N) is 2. The van der Waals surface area contributed by atoms with Gasteiger partial charge in [-0.05, 0) is 36.3 Å². The first-order valence-corrected chi connectivity index (χ1v) is 7.52. The number of hydrazone groups is 1. The summed E-state index contributed by atoms with van der Waals surface area (Å²) in [7, 11) is 0. The van der Waals surface area contributed by atoms with Crippen LogP contribution in [-0.4, -0.2) is 27.6 Å². The smallest absolute Gasteiger partial charge is 0.283 e. The second-order valence-corrected chi connectivity index (χ2v) is 5.51. The quantitative estimate of drug-likeness (QED) is 0.884. The van der Waals surface area contributed by atoms with Gasteiger partial charge in [0.1, 0.15) is 5.75 Å². The Bertz CT molecular complexity index is 837. The summed E-state index contributed by atoms with van der Waals surface area (Å²) in [5.74, 6) is -0.638. The van der Waals surface area contributed by atoms with Crippen LogP contribution in [0.2, 0.25) is 0 Å². The Morgan fingerprint density at radius 3 is 2.46 bits per heavy atom. The number of rotatable bonds is 3. The van der Waals surface area contributed by atoms with E-state index in [0.717, 1.165) is 16.1 Å². The molecule has 2 aromatic rings. The molecule has 1 aliphatic rings. The van der Waals surface area contributed by atoms with Crippen LogP contribution in [0.15, 0.2) is 65.3 Å². The van der Waals surface area contributed by atoms with Gasteiger partial charge in [-0.1, -0.05) is 42.5 Å². The van der Waals surface area contributed by atoms with Gasteiger partial charge < -0.3 is 5.11 Å². The van der Waals surface area contributed by atoms with Gasteiger partial charge in [0.15, 0.2) is 0 Å². The summed E-state index contributed by atoms with van der Waals surface area (Å²) in [4.78, 5) is 24.8. The average Bonchev–Trinajstić information content (AvgIpc) is 2.86. The molecule has 0 radical (unpaired) electrons. The standard InChI is InChI=1S/C19H16N2O3/c1-13-17(11-15-7-9-16(22)10-8-15)19(24)21(20-13)18(23)12-14-5-3-2-4-6-14/h2-11,22H,12H2,1H3/b17-11+. The van der Waals surface area contributed by atoms with Crippen molar-refractivity contribution in [2.45, 2.75) is 13.3 Å². The first kappa shape index (κ1) is 15.7. The minimum absolute atomic E-state index is 0.121. The zero-order chi connectivity index (χ0) is 17.1.